The summed E-state index contributed by atoms with van der Waals surface area (Å²) in [6.45, 7) is 5.57. The molecular formula is C17H31NO3. The molecule has 2 saturated carbocycles. The molecule has 1 saturated heterocycles. The fraction of sp³-hybridized carbons (Fsp3) is 1.00. The Morgan fingerprint density at radius 2 is 1.86 bits per heavy atom. The van der Waals surface area contributed by atoms with Crippen molar-refractivity contribution in [3.8, 4) is 0 Å². The summed E-state index contributed by atoms with van der Waals surface area (Å²) in [6.07, 6.45) is 10.1. The third-order valence-electron chi connectivity index (χ3n) is 5.35. The van der Waals surface area contributed by atoms with Crippen molar-refractivity contribution >= 4 is 0 Å². The first-order chi connectivity index (χ1) is 10.3. The quantitative estimate of drug-likeness (QED) is 0.847. The van der Waals surface area contributed by atoms with Gasteiger partial charge in [-0.3, -0.25) is 0 Å². The van der Waals surface area contributed by atoms with Crippen molar-refractivity contribution in [1.29, 1.82) is 0 Å². The predicted octanol–water partition coefficient (Wildman–Crippen LogP) is 2.86. The Kier molecular flexibility index (Phi) is 5.54. The third kappa shape index (κ3) is 3.98. The maximum Gasteiger partial charge on any atom is 0.171 e. The minimum Gasteiger partial charge on any atom is -0.376 e. The van der Waals surface area contributed by atoms with Crippen molar-refractivity contribution in [2.24, 2.45) is 5.92 Å². The molecule has 2 atom stereocenters. The lowest BCUT2D eigenvalue weighted by Gasteiger charge is -2.41. The Labute approximate surface area is 128 Å². The molecule has 3 rings (SSSR count). The summed E-state index contributed by atoms with van der Waals surface area (Å²) in [7, 11) is 0. The zero-order valence-corrected chi connectivity index (χ0v) is 13.4. The summed E-state index contributed by atoms with van der Waals surface area (Å²) in [5.74, 6) is 0.424. The van der Waals surface area contributed by atoms with Gasteiger partial charge < -0.3 is 19.5 Å². The molecule has 3 fully saturated rings. The van der Waals surface area contributed by atoms with Gasteiger partial charge in [0.15, 0.2) is 5.79 Å². The van der Waals surface area contributed by atoms with E-state index in [-0.39, 0.29) is 11.9 Å². The Bertz CT molecular complexity index is 311. The van der Waals surface area contributed by atoms with Gasteiger partial charge in [0.25, 0.3) is 0 Å². The molecule has 4 heteroatoms. The average molecular weight is 297 g/mol. The minimum absolute atomic E-state index is 0.235. The Hall–Kier alpha value is -0.160. The van der Waals surface area contributed by atoms with Crippen LogP contribution in [0.25, 0.3) is 0 Å². The summed E-state index contributed by atoms with van der Waals surface area (Å²) in [5.41, 5.74) is 0. The smallest absolute Gasteiger partial charge is 0.171 e. The molecule has 0 amide bonds. The lowest BCUT2D eigenvalue weighted by molar-refractivity contribution is -0.208. The van der Waals surface area contributed by atoms with Gasteiger partial charge in [0.05, 0.1) is 19.3 Å². The summed E-state index contributed by atoms with van der Waals surface area (Å²) < 4.78 is 18.2. The van der Waals surface area contributed by atoms with E-state index in [9.17, 15) is 0 Å². The monoisotopic (exact) mass is 297 g/mol. The van der Waals surface area contributed by atoms with Gasteiger partial charge in [-0.05, 0) is 31.7 Å². The van der Waals surface area contributed by atoms with Crippen LogP contribution in [0.15, 0.2) is 0 Å². The first kappa shape index (κ1) is 15.7. The van der Waals surface area contributed by atoms with Crippen molar-refractivity contribution in [3.63, 3.8) is 0 Å². The Morgan fingerprint density at radius 3 is 2.57 bits per heavy atom. The van der Waals surface area contributed by atoms with E-state index in [0.717, 1.165) is 51.5 Å². The second-order valence-electron chi connectivity index (χ2n) is 6.89. The zero-order valence-electron chi connectivity index (χ0n) is 13.4. The van der Waals surface area contributed by atoms with E-state index in [2.05, 4.69) is 12.2 Å². The molecule has 122 valence electrons. The van der Waals surface area contributed by atoms with Gasteiger partial charge in [0, 0.05) is 25.5 Å². The van der Waals surface area contributed by atoms with Crippen LogP contribution in [0.4, 0.5) is 0 Å². The van der Waals surface area contributed by atoms with E-state index in [1.54, 1.807) is 0 Å². The number of hydrogen-bond donors (Lipinski definition) is 1. The van der Waals surface area contributed by atoms with Gasteiger partial charge in [-0.15, -0.1) is 0 Å². The highest BCUT2D eigenvalue weighted by molar-refractivity contribution is 4.92. The van der Waals surface area contributed by atoms with Crippen LogP contribution >= 0.6 is 0 Å². The van der Waals surface area contributed by atoms with Gasteiger partial charge in [0.1, 0.15) is 0 Å². The Balaban J connectivity index is 1.54. The van der Waals surface area contributed by atoms with Crippen LogP contribution in [0.2, 0.25) is 0 Å². The number of ether oxygens (including phenoxy) is 3. The largest absolute Gasteiger partial charge is 0.376 e. The standard InChI is InChI=1S/C17H31NO3/c1-2-18-15-8-9-17(20-10-11-21-17)12-16(15)19-13-14-6-4-3-5-7-14/h14-16,18H,2-13H2,1H3. The predicted molar refractivity (Wildman–Crippen MR) is 82.3 cm³/mol. The first-order valence-electron chi connectivity index (χ1n) is 8.94. The molecule has 3 aliphatic rings. The second-order valence-corrected chi connectivity index (χ2v) is 6.89. The van der Waals surface area contributed by atoms with E-state index in [1.807, 2.05) is 0 Å². The fourth-order valence-corrected chi connectivity index (χ4v) is 4.16. The fourth-order valence-electron chi connectivity index (χ4n) is 4.16. The van der Waals surface area contributed by atoms with Gasteiger partial charge in [-0.2, -0.15) is 0 Å². The summed E-state index contributed by atoms with van der Waals surface area (Å²) >= 11 is 0. The highest BCUT2D eigenvalue weighted by Gasteiger charge is 2.45. The van der Waals surface area contributed by atoms with Crippen molar-refractivity contribution in [2.75, 3.05) is 26.4 Å². The summed E-state index contributed by atoms with van der Waals surface area (Å²) in [5, 5.41) is 3.59. The van der Waals surface area contributed by atoms with Gasteiger partial charge >= 0.3 is 0 Å². The highest BCUT2D eigenvalue weighted by Crippen LogP contribution is 2.37. The van der Waals surface area contributed by atoms with Crippen LogP contribution < -0.4 is 5.32 Å². The second kappa shape index (κ2) is 7.40. The molecule has 2 unspecified atom stereocenters. The molecule has 0 aromatic heterocycles. The molecule has 4 nitrogen and oxygen atoms in total. The normalized spacial score (nSPS) is 33.6. The maximum absolute atomic E-state index is 6.35. The van der Waals surface area contributed by atoms with Crippen molar-refractivity contribution in [1.82, 2.24) is 5.32 Å². The number of nitrogens with one attached hydrogen (secondary N) is 1. The molecule has 0 radical (unpaired) electrons. The van der Waals surface area contributed by atoms with Gasteiger partial charge in [0.2, 0.25) is 0 Å². The number of rotatable bonds is 5. The molecule has 1 N–H and O–H groups in total. The molecule has 0 aromatic rings. The van der Waals surface area contributed by atoms with Crippen LogP contribution in [-0.4, -0.2) is 44.3 Å². The molecule has 2 aliphatic carbocycles. The van der Waals surface area contributed by atoms with Crippen LogP contribution in [0.5, 0.6) is 0 Å². The topological polar surface area (TPSA) is 39.7 Å². The van der Waals surface area contributed by atoms with Crippen LogP contribution in [0.3, 0.4) is 0 Å². The highest BCUT2D eigenvalue weighted by atomic mass is 16.7. The third-order valence-corrected chi connectivity index (χ3v) is 5.35. The van der Waals surface area contributed by atoms with Gasteiger partial charge in [-0.25, -0.2) is 0 Å². The molecule has 1 heterocycles. The average Bonchev–Trinajstić information content (AvgIpc) is 2.97. The van der Waals surface area contributed by atoms with E-state index >= 15 is 0 Å². The van der Waals surface area contributed by atoms with Crippen LogP contribution in [0.1, 0.15) is 58.3 Å². The number of likely N-dealkylation sites (N-methyl/N-ethyl adjacent to an activating group) is 1. The van der Waals surface area contributed by atoms with Crippen molar-refractivity contribution in [2.45, 2.75) is 76.2 Å². The van der Waals surface area contributed by atoms with E-state index < -0.39 is 0 Å². The zero-order chi connectivity index (χ0) is 14.5. The summed E-state index contributed by atoms with van der Waals surface area (Å²) in [4.78, 5) is 0. The molecule has 1 spiro atoms. The van der Waals surface area contributed by atoms with Crippen LogP contribution in [0, 0.1) is 5.92 Å². The molecule has 0 aromatic carbocycles. The molecule has 1 aliphatic heterocycles. The summed E-state index contributed by atoms with van der Waals surface area (Å²) in [6, 6.07) is 0.456. The number of hydrogen-bond acceptors (Lipinski definition) is 4. The molecular weight excluding hydrogens is 266 g/mol. The van der Waals surface area contributed by atoms with E-state index in [4.69, 9.17) is 14.2 Å². The van der Waals surface area contributed by atoms with Crippen molar-refractivity contribution < 1.29 is 14.2 Å². The first-order valence-corrected chi connectivity index (χ1v) is 8.94. The maximum atomic E-state index is 6.35. The lowest BCUT2D eigenvalue weighted by atomic mass is 9.86. The minimum atomic E-state index is -0.344. The molecule has 0 bridgehead atoms. The SMILES string of the molecule is CCNC1CCC2(CC1OCC1CCCCC1)OCCO2. The molecule has 21 heavy (non-hydrogen) atoms. The lowest BCUT2D eigenvalue weighted by Crippen LogP contribution is -2.52. The van der Waals surface area contributed by atoms with Crippen molar-refractivity contribution in [3.05, 3.63) is 0 Å². The Morgan fingerprint density at radius 1 is 1.10 bits per heavy atom. The van der Waals surface area contributed by atoms with Crippen LogP contribution in [-0.2, 0) is 14.2 Å². The van der Waals surface area contributed by atoms with E-state index in [0.29, 0.717) is 6.04 Å². The van der Waals surface area contributed by atoms with Gasteiger partial charge in [-0.1, -0.05) is 26.2 Å². The van der Waals surface area contributed by atoms with E-state index in [1.165, 1.54) is 32.1 Å².